The number of unbranched alkanes of at least 4 members (excludes halogenated alkanes) is 15. The third-order valence-corrected chi connectivity index (χ3v) is 9.27. The lowest BCUT2D eigenvalue weighted by atomic mass is 10.0. The zero-order valence-electron chi connectivity index (χ0n) is 25.6. The van der Waals surface area contributed by atoms with Crippen LogP contribution in [0.4, 0.5) is 0 Å². The summed E-state index contributed by atoms with van der Waals surface area (Å²) in [5, 5.41) is 0. The molecule has 0 aromatic carbocycles. The van der Waals surface area contributed by atoms with Crippen molar-refractivity contribution in [2.45, 2.75) is 116 Å². The number of phosphoric ester groups is 1. The zero-order chi connectivity index (χ0) is 28.4. The Bertz CT molecular complexity index is 552. The maximum absolute atomic E-state index is 12.2. The minimum Gasteiger partial charge on any atom is -0.374 e. The fraction of sp³-hybridized carbons (Fsp3) is 1.00. The van der Waals surface area contributed by atoms with Crippen LogP contribution < -0.4 is 0 Å². The highest BCUT2D eigenvalue weighted by atomic mass is 32.2. The van der Waals surface area contributed by atoms with E-state index < -0.39 is 7.82 Å². The molecule has 9 heteroatoms. The van der Waals surface area contributed by atoms with Gasteiger partial charge in [-0.15, -0.1) is 0 Å². The molecule has 0 saturated heterocycles. The first-order valence-corrected chi connectivity index (χ1v) is 19.3. The summed E-state index contributed by atoms with van der Waals surface area (Å²) in [4.78, 5) is 10.00. The van der Waals surface area contributed by atoms with Crippen molar-refractivity contribution in [3.8, 4) is 0 Å². The summed E-state index contributed by atoms with van der Waals surface area (Å²) >= 11 is 3.58. The Balaban J connectivity index is 3.76. The largest absolute Gasteiger partial charge is 0.472 e. The Morgan fingerprint density at radius 2 is 1.24 bits per heavy atom. The monoisotopic (exact) mass is 600 g/mol. The second-order valence-electron chi connectivity index (χ2n) is 11.5. The molecular formula is C29H63NO5PS2+. The van der Waals surface area contributed by atoms with Gasteiger partial charge >= 0.3 is 7.82 Å². The predicted octanol–water partition coefficient (Wildman–Crippen LogP) is 8.57. The molecule has 0 radical (unpaired) electrons. The number of likely N-dealkylation sites (N-methyl/N-ethyl adjacent to an activating group) is 1. The molecule has 0 aliphatic carbocycles. The van der Waals surface area contributed by atoms with Crippen molar-refractivity contribution in [2.24, 2.45) is 0 Å². The van der Waals surface area contributed by atoms with Crippen molar-refractivity contribution in [1.82, 2.24) is 0 Å². The summed E-state index contributed by atoms with van der Waals surface area (Å²) in [5.41, 5.74) is 0. The van der Waals surface area contributed by atoms with Crippen LogP contribution in [0.5, 0.6) is 0 Å². The maximum atomic E-state index is 12.2. The Morgan fingerprint density at radius 3 is 1.71 bits per heavy atom. The van der Waals surface area contributed by atoms with Gasteiger partial charge in [0.05, 0.1) is 40.5 Å². The van der Waals surface area contributed by atoms with Crippen molar-refractivity contribution in [2.75, 3.05) is 71.0 Å². The molecule has 0 heterocycles. The van der Waals surface area contributed by atoms with Crippen molar-refractivity contribution in [3.63, 3.8) is 0 Å². The van der Waals surface area contributed by atoms with Gasteiger partial charge in [-0.2, -0.15) is 23.5 Å². The average molecular weight is 601 g/mol. The standard InChI is InChI=1S/C29H62NO5PS2/c1-6-7-8-9-10-11-12-13-14-15-16-17-18-19-20-21-25-38-28-29(33-24-26-37-5)27-35-36(31,32)34-23-22-30(2,3)4/h29H,6-28H2,1-5H3/p+1. The van der Waals surface area contributed by atoms with Crippen molar-refractivity contribution >= 4 is 31.3 Å². The minimum absolute atomic E-state index is 0.0818. The first-order valence-electron chi connectivity index (χ1n) is 15.3. The van der Waals surface area contributed by atoms with Gasteiger partial charge < -0.3 is 14.1 Å². The van der Waals surface area contributed by atoms with Crippen molar-refractivity contribution in [3.05, 3.63) is 0 Å². The van der Waals surface area contributed by atoms with E-state index in [9.17, 15) is 9.46 Å². The van der Waals surface area contributed by atoms with Gasteiger partial charge in [0, 0.05) is 11.5 Å². The summed E-state index contributed by atoms with van der Waals surface area (Å²) in [7, 11) is 1.98. The highest BCUT2D eigenvalue weighted by molar-refractivity contribution is 7.99. The molecule has 0 aromatic heterocycles. The van der Waals surface area contributed by atoms with E-state index >= 15 is 0 Å². The van der Waals surface area contributed by atoms with Gasteiger partial charge in [-0.25, -0.2) is 4.57 Å². The summed E-state index contributed by atoms with van der Waals surface area (Å²) in [6.45, 7) is 3.80. The van der Waals surface area contributed by atoms with E-state index in [1.165, 1.54) is 103 Å². The lowest BCUT2D eigenvalue weighted by Crippen LogP contribution is -2.37. The summed E-state index contributed by atoms with van der Waals surface area (Å²) in [6.07, 6.45) is 24.0. The third-order valence-electron chi connectivity index (χ3n) is 6.53. The zero-order valence-corrected chi connectivity index (χ0v) is 28.2. The SMILES string of the molecule is CCCCCCCCCCCCCCCCCCSCC(COP(=O)(O)OCC[N+](C)(C)C)OCCSC. The van der Waals surface area contributed by atoms with E-state index in [4.69, 9.17) is 13.8 Å². The van der Waals surface area contributed by atoms with E-state index in [1.54, 1.807) is 11.8 Å². The molecule has 2 unspecified atom stereocenters. The molecule has 6 nitrogen and oxygen atoms in total. The van der Waals surface area contributed by atoms with Gasteiger partial charge in [0.15, 0.2) is 0 Å². The maximum Gasteiger partial charge on any atom is 0.472 e. The average Bonchev–Trinajstić information content (AvgIpc) is 2.85. The van der Waals surface area contributed by atoms with Crippen LogP contribution in [0.2, 0.25) is 0 Å². The third kappa shape index (κ3) is 29.7. The van der Waals surface area contributed by atoms with Crippen molar-refractivity contribution in [1.29, 1.82) is 0 Å². The molecule has 1 N–H and O–H groups in total. The van der Waals surface area contributed by atoms with Crippen LogP contribution in [0, 0.1) is 0 Å². The number of hydrogen-bond donors (Lipinski definition) is 1. The van der Waals surface area contributed by atoms with E-state index in [0.717, 1.165) is 17.3 Å². The quantitative estimate of drug-likeness (QED) is 0.0503. The predicted molar refractivity (Wildman–Crippen MR) is 170 cm³/mol. The number of quaternary nitrogens is 1. The van der Waals surface area contributed by atoms with Gasteiger partial charge in [-0.3, -0.25) is 9.05 Å². The Kier molecular flexibility index (Phi) is 27.1. The molecule has 38 heavy (non-hydrogen) atoms. The Morgan fingerprint density at radius 1 is 0.737 bits per heavy atom. The van der Waals surface area contributed by atoms with Gasteiger partial charge in [-0.05, 0) is 18.4 Å². The highest BCUT2D eigenvalue weighted by Gasteiger charge is 2.25. The molecule has 0 aliphatic heterocycles. The van der Waals surface area contributed by atoms with Gasteiger partial charge in [0.25, 0.3) is 0 Å². The second kappa shape index (κ2) is 26.6. The van der Waals surface area contributed by atoms with Crippen LogP contribution in [-0.2, 0) is 18.3 Å². The van der Waals surface area contributed by atoms with E-state index in [0.29, 0.717) is 17.6 Å². The van der Waals surface area contributed by atoms with Gasteiger partial charge in [-0.1, -0.05) is 103 Å². The summed E-state index contributed by atoms with van der Waals surface area (Å²) in [6, 6.07) is 0. The molecule has 0 amide bonds. The van der Waals surface area contributed by atoms with Crippen molar-refractivity contribution < 1.29 is 27.7 Å². The van der Waals surface area contributed by atoms with E-state index in [-0.39, 0.29) is 19.3 Å². The molecule has 0 bridgehead atoms. The van der Waals surface area contributed by atoms with Crippen LogP contribution in [0.1, 0.15) is 110 Å². The lowest BCUT2D eigenvalue weighted by Gasteiger charge is -2.24. The molecule has 0 saturated carbocycles. The first-order chi connectivity index (χ1) is 18.2. The number of hydrogen-bond acceptors (Lipinski definition) is 6. The Labute approximate surface area is 245 Å². The molecule has 0 aromatic rings. The molecule has 0 fully saturated rings. The van der Waals surface area contributed by atoms with Gasteiger partial charge in [0.2, 0.25) is 0 Å². The number of ether oxygens (including phenoxy) is 1. The number of phosphoric acid groups is 1. The topological polar surface area (TPSA) is 65.0 Å². The van der Waals surface area contributed by atoms with Crippen LogP contribution >= 0.6 is 31.3 Å². The first kappa shape index (κ1) is 38.7. The summed E-state index contributed by atoms with van der Waals surface area (Å²) in [5.74, 6) is 2.76. The lowest BCUT2D eigenvalue weighted by molar-refractivity contribution is -0.870. The van der Waals surface area contributed by atoms with Crippen LogP contribution in [0.15, 0.2) is 0 Å². The number of rotatable bonds is 30. The number of thioether (sulfide) groups is 2. The molecule has 2 atom stereocenters. The number of nitrogens with zero attached hydrogens (tertiary/aromatic N) is 1. The molecule has 230 valence electrons. The molecule has 0 spiro atoms. The normalized spacial score (nSPS) is 14.6. The smallest absolute Gasteiger partial charge is 0.374 e. The summed E-state index contributed by atoms with van der Waals surface area (Å²) < 4.78 is 29.2. The van der Waals surface area contributed by atoms with E-state index in [1.807, 2.05) is 39.2 Å². The molecule has 0 aliphatic rings. The Hall–Kier alpha value is 0.730. The molecule has 0 rings (SSSR count). The van der Waals surface area contributed by atoms with Crippen LogP contribution in [-0.4, -0.2) is 86.5 Å². The second-order valence-corrected chi connectivity index (χ2v) is 15.1. The molecular weight excluding hydrogens is 537 g/mol. The van der Waals surface area contributed by atoms with Gasteiger partial charge in [0.1, 0.15) is 13.2 Å². The van der Waals surface area contributed by atoms with Crippen LogP contribution in [0.25, 0.3) is 0 Å². The fourth-order valence-electron chi connectivity index (χ4n) is 4.05. The minimum atomic E-state index is -4.05. The van der Waals surface area contributed by atoms with E-state index in [2.05, 4.69) is 6.92 Å². The fourth-order valence-corrected chi connectivity index (χ4v) is 6.09. The highest BCUT2D eigenvalue weighted by Crippen LogP contribution is 2.43. The van der Waals surface area contributed by atoms with Crippen LogP contribution in [0.3, 0.4) is 0 Å².